The molecule has 0 N–H and O–H groups in total. The molecule has 9 rings (SSSR count). The van der Waals surface area contributed by atoms with E-state index in [4.69, 9.17) is 0 Å². The lowest BCUT2D eigenvalue weighted by atomic mass is 9.84. The van der Waals surface area contributed by atoms with E-state index in [0.717, 1.165) is 74.0 Å². The van der Waals surface area contributed by atoms with E-state index in [1.54, 1.807) is 0 Å². The first-order valence-corrected chi connectivity index (χ1v) is 14.0. The van der Waals surface area contributed by atoms with E-state index in [2.05, 4.69) is 81.1 Å². The highest BCUT2D eigenvalue weighted by Gasteiger charge is 2.40. The van der Waals surface area contributed by atoms with Gasteiger partial charge in [-0.3, -0.25) is 4.79 Å². The van der Waals surface area contributed by atoms with Crippen LogP contribution in [0.25, 0.3) is 66.2 Å². The fourth-order valence-electron chi connectivity index (χ4n) is 8.35. The molecule has 1 amide bonds. The molecule has 3 heteroatoms. The van der Waals surface area contributed by atoms with Gasteiger partial charge in [0.2, 0.25) is 0 Å². The minimum atomic E-state index is -0.685. The Bertz CT molecular complexity index is 2260. The summed E-state index contributed by atoms with van der Waals surface area (Å²) in [5.74, 6) is -0.685. The highest BCUT2D eigenvalue weighted by atomic mass is 16.3. The fourth-order valence-corrected chi connectivity index (χ4v) is 8.35. The lowest BCUT2D eigenvalue weighted by Gasteiger charge is -2.18. The molecule has 0 aliphatic heterocycles. The smallest absolute Gasteiger partial charge is 0.263 e. The molecule has 3 nitrogen and oxygen atoms in total. The van der Waals surface area contributed by atoms with Gasteiger partial charge in [0.05, 0.1) is 5.56 Å². The van der Waals surface area contributed by atoms with Gasteiger partial charge in [-0.05, 0) is 139 Å². The molecule has 0 atom stereocenters. The van der Waals surface area contributed by atoms with Crippen LogP contribution in [0.5, 0.6) is 0 Å². The molecule has 0 bridgehead atoms. The van der Waals surface area contributed by atoms with Crippen molar-refractivity contribution in [1.29, 1.82) is 0 Å². The topological polar surface area (TPSA) is 46.5 Å². The van der Waals surface area contributed by atoms with Gasteiger partial charge in [0.15, 0.2) is 0 Å². The molecule has 4 aliphatic rings. The van der Waals surface area contributed by atoms with Crippen LogP contribution in [0.2, 0.25) is 0 Å². The fraction of sp³-hybridized carbons (Fsp3) is 0.162. The molecule has 0 heterocycles. The number of nitrogens with zero attached hydrogens (tertiary/aromatic N) is 1. The Hall–Kier alpha value is -4.63. The third kappa shape index (κ3) is 2.34. The predicted octanol–water partition coefficient (Wildman–Crippen LogP) is 9.31. The van der Waals surface area contributed by atoms with E-state index in [1.165, 1.54) is 55.5 Å². The van der Waals surface area contributed by atoms with Crippen molar-refractivity contribution >= 4 is 49.9 Å². The van der Waals surface area contributed by atoms with Crippen LogP contribution in [0, 0.1) is 18.8 Å². The predicted molar refractivity (Wildman–Crippen MR) is 165 cm³/mol. The Kier molecular flexibility index (Phi) is 3.95. The number of carbonyl (C=O) groups excluding carboxylic acids is 1. The van der Waals surface area contributed by atoms with Gasteiger partial charge in [-0.2, -0.15) is 0 Å². The first-order valence-electron chi connectivity index (χ1n) is 14.0. The number of hydrogen-bond donors (Lipinski definition) is 0. The number of aryl methyl sites for hydroxylation is 2. The average Bonchev–Trinajstić information content (AvgIpc) is 3.55. The van der Waals surface area contributed by atoms with Crippen LogP contribution in [-0.2, 0) is 19.3 Å². The third-order valence-electron chi connectivity index (χ3n) is 10.1. The minimum Gasteiger partial charge on any atom is -0.263 e. The molecule has 0 radical (unpaired) electrons. The Balaban J connectivity index is 1.64. The van der Waals surface area contributed by atoms with Crippen molar-refractivity contribution in [3.8, 4) is 22.3 Å². The van der Waals surface area contributed by atoms with Gasteiger partial charge in [-0.1, -0.05) is 55.1 Å². The van der Waals surface area contributed by atoms with E-state index in [-0.39, 0.29) is 0 Å². The maximum Gasteiger partial charge on any atom is 0.318 e. The second-order valence-electron chi connectivity index (χ2n) is 11.9. The minimum absolute atomic E-state index is 0.466. The molecule has 0 aromatic heterocycles. The zero-order valence-corrected chi connectivity index (χ0v) is 22.7. The summed E-state index contributed by atoms with van der Waals surface area (Å²) in [5.41, 5.74) is 16.7. The summed E-state index contributed by atoms with van der Waals surface area (Å²) >= 11 is 0. The van der Waals surface area contributed by atoms with Crippen LogP contribution >= 0.6 is 0 Å². The van der Waals surface area contributed by atoms with Gasteiger partial charge in [-0.25, -0.2) is 0 Å². The quantitative estimate of drug-likeness (QED) is 0.162. The molecule has 0 saturated heterocycles. The summed E-state index contributed by atoms with van der Waals surface area (Å²) in [6, 6.07) is 11.3. The highest BCUT2D eigenvalue weighted by Crippen LogP contribution is 2.61. The van der Waals surface area contributed by atoms with E-state index >= 15 is 0 Å². The number of carbonyl (C=O) groups is 1. The van der Waals surface area contributed by atoms with Crippen molar-refractivity contribution in [2.75, 3.05) is 0 Å². The molecule has 0 saturated carbocycles. The van der Waals surface area contributed by atoms with E-state index in [1.807, 2.05) is 0 Å². The van der Waals surface area contributed by atoms with Crippen LogP contribution in [-0.4, -0.2) is 5.91 Å². The molecule has 4 aliphatic carbocycles. The average molecular weight is 516 g/mol. The van der Waals surface area contributed by atoms with E-state index in [9.17, 15) is 9.70 Å². The van der Waals surface area contributed by atoms with Crippen molar-refractivity contribution in [1.82, 2.24) is 0 Å². The van der Waals surface area contributed by atoms with Gasteiger partial charge < -0.3 is 0 Å². The molecule has 0 spiro atoms. The maximum atomic E-state index is 13.9. The first-order chi connectivity index (χ1) is 19.4. The normalized spacial score (nSPS) is 16.3. The first kappa shape index (κ1) is 22.2. The number of amides is 1. The van der Waals surface area contributed by atoms with Crippen LogP contribution < -0.4 is 0 Å². The molecule has 5 aromatic rings. The molecule has 0 fully saturated rings. The Labute approximate surface area is 231 Å². The summed E-state index contributed by atoms with van der Waals surface area (Å²) in [5, 5.41) is 9.68. The van der Waals surface area contributed by atoms with E-state index < -0.39 is 5.91 Å². The van der Waals surface area contributed by atoms with Gasteiger partial charge in [0.1, 0.15) is 0 Å². The Morgan fingerprint density at radius 2 is 1.62 bits per heavy atom. The molecule has 190 valence electrons. The van der Waals surface area contributed by atoms with Crippen LogP contribution in [0.15, 0.2) is 59.8 Å². The lowest BCUT2D eigenvalue weighted by molar-refractivity contribution is 0.100. The molecular formula is C37H25NO2. The monoisotopic (exact) mass is 515 g/mol. The van der Waals surface area contributed by atoms with Crippen molar-refractivity contribution in [3.05, 3.63) is 110 Å². The molecule has 40 heavy (non-hydrogen) atoms. The van der Waals surface area contributed by atoms with Crippen molar-refractivity contribution in [2.45, 2.75) is 40.0 Å². The standard InChI is InChI=1S/C37H25NO2/c1-5-19-11-23-12-20-7-6-8-21-13-24-15-25-14-22-10-9-16(2)17(3)26(22)33-30(25)31(24)34-29(21)28(20)32(27(23)18(19)4)35(34)36(33)37(39)38-40/h5-7,9-10,12-14H,4,8,11,15H2,1-3H3/b19-5-. The van der Waals surface area contributed by atoms with Crippen molar-refractivity contribution < 1.29 is 4.79 Å². The third-order valence-corrected chi connectivity index (χ3v) is 10.1. The summed E-state index contributed by atoms with van der Waals surface area (Å²) in [6.07, 6.45) is 9.14. The van der Waals surface area contributed by atoms with Gasteiger partial charge in [0.25, 0.3) is 0 Å². The van der Waals surface area contributed by atoms with Crippen molar-refractivity contribution in [3.63, 3.8) is 0 Å². The largest absolute Gasteiger partial charge is 0.318 e. The van der Waals surface area contributed by atoms with Crippen LogP contribution in [0.3, 0.4) is 0 Å². The molecule has 5 aromatic carbocycles. The number of allylic oxidation sites excluding steroid dienone is 4. The second-order valence-corrected chi connectivity index (χ2v) is 11.9. The Morgan fingerprint density at radius 3 is 2.42 bits per heavy atom. The highest BCUT2D eigenvalue weighted by molar-refractivity contribution is 6.38. The summed E-state index contributed by atoms with van der Waals surface area (Å²) in [4.78, 5) is 26.1. The van der Waals surface area contributed by atoms with E-state index in [0.29, 0.717) is 5.56 Å². The number of fused-ring (bicyclic) bond motifs is 5. The molecular weight excluding hydrogens is 490 g/mol. The second kappa shape index (κ2) is 7.11. The van der Waals surface area contributed by atoms with Gasteiger partial charge in [0, 0.05) is 16.1 Å². The Morgan fingerprint density at radius 1 is 0.825 bits per heavy atom. The number of benzene rings is 5. The van der Waals surface area contributed by atoms with Crippen molar-refractivity contribution in [2.24, 2.45) is 5.18 Å². The zero-order valence-electron chi connectivity index (χ0n) is 22.7. The number of hydrogen-bond acceptors (Lipinski definition) is 2. The lowest BCUT2D eigenvalue weighted by Crippen LogP contribution is -2.03. The summed E-state index contributed by atoms with van der Waals surface area (Å²) < 4.78 is 0. The van der Waals surface area contributed by atoms with Crippen LogP contribution in [0.4, 0.5) is 0 Å². The van der Waals surface area contributed by atoms with Gasteiger partial charge in [-0.15, -0.1) is 4.91 Å². The van der Waals surface area contributed by atoms with Crippen LogP contribution in [0.1, 0.15) is 61.8 Å². The maximum absolute atomic E-state index is 13.9. The number of rotatable bonds is 1. The zero-order chi connectivity index (χ0) is 27.2. The summed E-state index contributed by atoms with van der Waals surface area (Å²) in [7, 11) is 0. The summed E-state index contributed by atoms with van der Waals surface area (Å²) in [6.45, 7) is 10.9. The SMILES string of the molecule is C=C1/C(=C\C)Cc2cc3c4c(c21)-c1c(C(=O)N=O)c2c5c(C)c(C)ccc5cc5c2c2c(cc(c-4c12)CC=C3)C5. The molecule has 0 unspecified atom stereocenters. The number of nitroso groups, excluding NO2 is 1. The van der Waals surface area contributed by atoms with Gasteiger partial charge >= 0.3 is 5.91 Å².